The third-order valence-corrected chi connectivity index (χ3v) is 3.43. The summed E-state index contributed by atoms with van der Waals surface area (Å²) >= 11 is 0. The molecule has 1 aromatic carbocycles. The van der Waals surface area contributed by atoms with Crippen molar-refractivity contribution in [3.8, 4) is 5.69 Å². The largest absolute Gasteiger partial charge is 0.366 e. The molecule has 23 heavy (non-hydrogen) atoms. The van der Waals surface area contributed by atoms with Crippen LogP contribution in [0.2, 0.25) is 0 Å². The molecule has 3 heterocycles. The van der Waals surface area contributed by atoms with Gasteiger partial charge in [0.05, 0.1) is 12.2 Å². The molecule has 0 atom stereocenters. The van der Waals surface area contributed by atoms with Crippen LogP contribution in [0.4, 0.5) is 5.82 Å². The van der Waals surface area contributed by atoms with Gasteiger partial charge < -0.3 is 5.32 Å². The van der Waals surface area contributed by atoms with Crippen molar-refractivity contribution in [2.45, 2.75) is 6.54 Å². The molecule has 0 saturated carbocycles. The molecule has 0 spiro atoms. The lowest BCUT2D eigenvalue weighted by molar-refractivity contribution is 0.637. The molecule has 8 nitrogen and oxygen atoms in total. The van der Waals surface area contributed by atoms with Gasteiger partial charge in [-0.2, -0.15) is 9.78 Å². The first-order valence-corrected chi connectivity index (χ1v) is 7.25. The molecule has 1 N–H and O–H groups in total. The van der Waals surface area contributed by atoms with Crippen molar-refractivity contribution in [1.82, 2.24) is 34.7 Å². The second kappa shape index (κ2) is 5.84. The third kappa shape index (κ3) is 2.61. The molecule has 0 unspecified atom stereocenters. The molecule has 0 aliphatic rings. The average Bonchev–Trinajstić information content (AvgIpc) is 3.25. The van der Waals surface area contributed by atoms with Gasteiger partial charge in [0.1, 0.15) is 6.33 Å². The van der Waals surface area contributed by atoms with Crippen LogP contribution >= 0.6 is 0 Å². The molecule has 0 aliphatic heterocycles. The van der Waals surface area contributed by atoms with Crippen LogP contribution in [0.15, 0.2) is 55.1 Å². The Hall–Kier alpha value is -3.29. The van der Waals surface area contributed by atoms with E-state index in [1.54, 1.807) is 10.9 Å². The fourth-order valence-electron chi connectivity index (χ4n) is 2.34. The topological polar surface area (TPSA) is 86.3 Å². The van der Waals surface area contributed by atoms with Crippen LogP contribution in [-0.4, -0.2) is 41.3 Å². The van der Waals surface area contributed by atoms with Crippen LogP contribution in [0.25, 0.3) is 16.9 Å². The van der Waals surface area contributed by atoms with Gasteiger partial charge in [-0.1, -0.05) is 23.4 Å². The fraction of sp³-hybridized carbons (Fsp3) is 0.133. The fourth-order valence-corrected chi connectivity index (χ4v) is 2.34. The number of para-hydroxylation sites is 1. The van der Waals surface area contributed by atoms with Crippen LogP contribution < -0.4 is 5.32 Å². The molecule has 114 valence electrons. The van der Waals surface area contributed by atoms with E-state index in [1.807, 2.05) is 47.3 Å². The first-order chi connectivity index (χ1) is 11.4. The summed E-state index contributed by atoms with van der Waals surface area (Å²) in [6.07, 6.45) is 5.19. The van der Waals surface area contributed by atoms with E-state index < -0.39 is 0 Å². The molecular formula is C15H14N8. The van der Waals surface area contributed by atoms with Crippen LogP contribution in [0, 0.1) is 0 Å². The number of fused-ring (bicyclic) bond motifs is 1. The molecule has 0 fully saturated rings. The Morgan fingerprint density at radius 3 is 2.78 bits per heavy atom. The minimum Gasteiger partial charge on any atom is -0.366 e. The summed E-state index contributed by atoms with van der Waals surface area (Å²) in [7, 11) is 0. The van der Waals surface area contributed by atoms with E-state index in [1.165, 1.54) is 6.33 Å². The Labute approximate surface area is 131 Å². The van der Waals surface area contributed by atoms with E-state index in [9.17, 15) is 0 Å². The second-order valence-corrected chi connectivity index (χ2v) is 4.93. The van der Waals surface area contributed by atoms with Gasteiger partial charge in [0.25, 0.3) is 0 Å². The molecule has 3 aromatic heterocycles. The third-order valence-electron chi connectivity index (χ3n) is 3.43. The van der Waals surface area contributed by atoms with E-state index in [4.69, 9.17) is 0 Å². The van der Waals surface area contributed by atoms with Gasteiger partial charge in [0.15, 0.2) is 17.0 Å². The van der Waals surface area contributed by atoms with Crippen molar-refractivity contribution < 1.29 is 0 Å². The smallest absolute Gasteiger partial charge is 0.188 e. The van der Waals surface area contributed by atoms with Crippen LogP contribution in [0.3, 0.4) is 0 Å². The number of hydrogen-bond acceptors (Lipinski definition) is 6. The molecule has 0 aliphatic carbocycles. The maximum Gasteiger partial charge on any atom is 0.188 e. The van der Waals surface area contributed by atoms with Crippen molar-refractivity contribution >= 4 is 17.0 Å². The predicted molar refractivity (Wildman–Crippen MR) is 85.2 cm³/mol. The monoisotopic (exact) mass is 306 g/mol. The van der Waals surface area contributed by atoms with E-state index in [-0.39, 0.29) is 0 Å². The minimum absolute atomic E-state index is 0.650. The maximum absolute atomic E-state index is 4.31. The van der Waals surface area contributed by atoms with Gasteiger partial charge in [-0.3, -0.25) is 4.68 Å². The number of anilines is 1. The first-order valence-electron chi connectivity index (χ1n) is 7.25. The van der Waals surface area contributed by atoms with Gasteiger partial charge in [0, 0.05) is 18.9 Å². The number of benzene rings is 1. The summed E-state index contributed by atoms with van der Waals surface area (Å²) in [5.74, 6) is 0.671. The van der Waals surface area contributed by atoms with Crippen molar-refractivity contribution in [3.63, 3.8) is 0 Å². The van der Waals surface area contributed by atoms with Gasteiger partial charge in [-0.25, -0.2) is 9.97 Å². The summed E-state index contributed by atoms with van der Waals surface area (Å²) in [5, 5.41) is 15.8. The maximum atomic E-state index is 4.31. The van der Waals surface area contributed by atoms with E-state index >= 15 is 0 Å². The number of nitrogens with one attached hydrogen (secondary N) is 1. The molecular weight excluding hydrogens is 292 g/mol. The number of rotatable bonds is 5. The highest BCUT2D eigenvalue weighted by molar-refractivity contribution is 5.82. The highest BCUT2D eigenvalue weighted by Crippen LogP contribution is 2.18. The zero-order valence-corrected chi connectivity index (χ0v) is 12.2. The molecule has 4 aromatic rings. The zero-order chi connectivity index (χ0) is 15.5. The van der Waals surface area contributed by atoms with Crippen molar-refractivity contribution in [1.29, 1.82) is 0 Å². The second-order valence-electron chi connectivity index (χ2n) is 4.93. The lowest BCUT2D eigenvalue weighted by Crippen LogP contribution is -2.12. The minimum atomic E-state index is 0.650. The molecule has 0 radical (unpaired) electrons. The van der Waals surface area contributed by atoms with E-state index in [0.717, 1.165) is 12.2 Å². The molecule has 0 saturated heterocycles. The van der Waals surface area contributed by atoms with Crippen molar-refractivity contribution in [2.24, 2.45) is 0 Å². The van der Waals surface area contributed by atoms with Gasteiger partial charge in [-0.15, -0.1) is 5.10 Å². The first kappa shape index (κ1) is 13.4. The lowest BCUT2D eigenvalue weighted by atomic mass is 10.3. The van der Waals surface area contributed by atoms with E-state index in [2.05, 4.69) is 30.7 Å². The molecule has 4 rings (SSSR count). The van der Waals surface area contributed by atoms with Crippen LogP contribution in [-0.2, 0) is 6.54 Å². The van der Waals surface area contributed by atoms with Gasteiger partial charge in [-0.05, 0) is 18.2 Å². The SMILES string of the molecule is c1ccc(-n2nnc3c(NCCn4cccn4)ncnc32)cc1. The van der Waals surface area contributed by atoms with Crippen LogP contribution in [0.5, 0.6) is 0 Å². The Morgan fingerprint density at radius 1 is 1.04 bits per heavy atom. The number of nitrogens with zero attached hydrogens (tertiary/aromatic N) is 7. The van der Waals surface area contributed by atoms with Crippen molar-refractivity contribution in [2.75, 3.05) is 11.9 Å². The normalized spacial score (nSPS) is 11.0. The summed E-state index contributed by atoms with van der Waals surface area (Å²) in [5.41, 5.74) is 2.24. The number of hydrogen-bond donors (Lipinski definition) is 1. The van der Waals surface area contributed by atoms with Gasteiger partial charge in [0.2, 0.25) is 0 Å². The summed E-state index contributed by atoms with van der Waals surface area (Å²) in [6, 6.07) is 11.7. The Morgan fingerprint density at radius 2 is 1.96 bits per heavy atom. The summed E-state index contributed by atoms with van der Waals surface area (Å²) in [6.45, 7) is 1.43. The Kier molecular flexibility index (Phi) is 3.39. The standard InChI is InChI=1S/C15H14N8/c1-2-5-12(6-3-1)23-15-13(20-21-23)14(17-11-18-15)16-8-10-22-9-4-7-19-22/h1-7,9,11H,8,10H2,(H,16,17,18). The predicted octanol–water partition coefficient (Wildman–Crippen LogP) is 1.52. The lowest BCUT2D eigenvalue weighted by Gasteiger charge is -2.06. The van der Waals surface area contributed by atoms with Crippen LogP contribution in [0.1, 0.15) is 0 Å². The van der Waals surface area contributed by atoms with E-state index in [0.29, 0.717) is 23.5 Å². The van der Waals surface area contributed by atoms with Gasteiger partial charge >= 0.3 is 0 Å². The summed E-state index contributed by atoms with van der Waals surface area (Å²) in [4.78, 5) is 8.57. The van der Waals surface area contributed by atoms with Crippen molar-refractivity contribution in [3.05, 3.63) is 55.1 Å². The highest BCUT2D eigenvalue weighted by Gasteiger charge is 2.12. The molecule has 0 bridgehead atoms. The summed E-state index contributed by atoms with van der Waals surface area (Å²) < 4.78 is 3.56. The Bertz CT molecular complexity index is 898. The Balaban J connectivity index is 1.60. The quantitative estimate of drug-likeness (QED) is 0.601. The molecule has 0 amide bonds. The number of aromatic nitrogens is 7. The highest BCUT2D eigenvalue weighted by atomic mass is 15.4. The molecule has 8 heteroatoms. The zero-order valence-electron chi connectivity index (χ0n) is 12.2. The average molecular weight is 306 g/mol.